The van der Waals surface area contributed by atoms with Gasteiger partial charge in [-0.25, -0.2) is 4.98 Å². The van der Waals surface area contributed by atoms with Gasteiger partial charge in [0.2, 0.25) is 5.91 Å². The zero-order valence-corrected chi connectivity index (χ0v) is 15.8. The Morgan fingerprint density at radius 2 is 1.96 bits per heavy atom. The molecule has 4 rings (SSSR count). The van der Waals surface area contributed by atoms with Gasteiger partial charge in [0.25, 0.3) is 5.56 Å². The molecular weight excluding hydrogens is 334 g/mol. The predicted molar refractivity (Wildman–Crippen MR) is 100 cm³/mol. The van der Waals surface area contributed by atoms with Crippen LogP contribution in [0.4, 0.5) is 0 Å². The number of aryl methyl sites for hydroxylation is 2. The molecule has 0 aromatic carbocycles. The quantitative estimate of drug-likeness (QED) is 0.828. The van der Waals surface area contributed by atoms with Crippen molar-refractivity contribution in [3.05, 3.63) is 27.1 Å². The lowest BCUT2D eigenvalue weighted by molar-refractivity contribution is -0.134. The number of hydrogen-bond acceptors (Lipinski definition) is 4. The number of rotatable bonds is 2. The summed E-state index contributed by atoms with van der Waals surface area (Å²) >= 11 is 1.65. The molecule has 1 amide bonds. The highest BCUT2D eigenvalue weighted by Crippen LogP contribution is 2.33. The highest BCUT2D eigenvalue weighted by molar-refractivity contribution is 7.18. The Kier molecular flexibility index (Phi) is 4.40. The molecule has 1 saturated heterocycles. The topological polar surface area (TPSA) is 55.2 Å². The van der Waals surface area contributed by atoms with Crippen molar-refractivity contribution in [2.45, 2.75) is 52.5 Å². The highest BCUT2D eigenvalue weighted by Gasteiger charge is 2.26. The first-order valence-corrected chi connectivity index (χ1v) is 10.1. The van der Waals surface area contributed by atoms with E-state index >= 15 is 0 Å². The molecule has 2 aliphatic rings. The number of likely N-dealkylation sites (tertiary alicyclic amines) is 1. The van der Waals surface area contributed by atoms with Gasteiger partial charge in [0.05, 0.1) is 11.7 Å². The summed E-state index contributed by atoms with van der Waals surface area (Å²) in [6.07, 6.45) is 7.07. The Balaban J connectivity index is 1.62. The molecule has 2 aromatic rings. The van der Waals surface area contributed by atoms with Crippen LogP contribution in [0.3, 0.4) is 0 Å². The van der Waals surface area contributed by atoms with Gasteiger partial charge in [0.15, 0.2) is 0 Å². The predicted octanol–water partition coefficient (Wildman–Crippen LogP) is 2.84. The van der Waals surface area contributed by atoms with Gasteiger partial charge in [-0.2, -0.15) is 0 Å². The van der Waals surface area contributed by atoms with E-state index in [1.54, 1.807) is 17.7 Å². The second-order valence-electron chi connectivity index (χ2n) is 7.81. The van der Waals surface area contributed by atoms with Gasteiger partial charge in [0.1, 0.15) is 11.4 Å². The largest absolute Gasteiger partial charge is 0.341 e. The number of amides is 1. The van der Waals surface area contributed by atoms with Crippen LogP contribution in [-0.4, -0.2) is 33.4 Å². The normalized spacial score (nSPS) is 23.7. The molecule has 1 aliphatic heterocycles. The van der Waals surface area contributed by atoms with E-state index in [9.17, 15) is 9.59 Å². The lowest BCUT2D eigenvalue weighted by Crippen LogP contribution is -2.44. The molecule has 1 aliphatic carbocycles. The fraction of sp³-hybridized carbons (Fsp3) is 0.632. The molecule has 0 bridgehead atoms. The van der Waals surface area contributed by atoms with Crippen LogP contribution in [0.15, 0.2) is 11.1 Å². The van der Waals surface area contributed by atoms with Crippen molar-refractivity contribution >= 4 is 27.5 Å². The molecule has 0 unspecified atom stereocenters. The maximum atomic E-state index is 13.0. The minimum Gasteiger partial charge on any atom is -0.341 e. The molecule has 0 N–H and O–H groups in total. The van der Waals surface area contributed by atoms with E-state index < -0.39 is 0 Å². The number of fused-ring (bicyclic) bond motifs is 3. The van der Waals surface area contributed by atoms with Crippen LogP contribution in [0.2, 0.25) is 0 Å². The van der Waals surface area contributed by atoms with Crippen LogP contribution in [0.5, 0.6) is 0 Å². The smallest absolute Gasteiger partial charge is 0.262 e. The number of aromatic nitrogens is 2. The van der Waals surface area contributed by atoms with Gasteiger partial charge in [-0.05, 0) is 49.5 Å². The molecule has 2 atom stereocenters. The highest BCUT2D eigenvalue weighted by atomic mass is 32.1. The molecule has 3 heterocycles. The van der Waals surface area contributed by atoms with Crippen molar-refractivity contribution < 1.29 is 4.79 Å². The maximum Gasteiger partial charge on any atom is 0.262 e. The SMILES string of the molecule is C[C@H]1C[C@H](C)CN(C(=O)Cn2cnc3sc4c(c3c2=O)CCCC4)C1. The number of hydrogen-bond donors (Lipinski definition) is 0. The number of carbonyl (C=O) groups is 1. The van der Waals surface area contributed by atoms with Crippen molar-refractivity contribution in [1.29, 1.82) is 0 Å². The first kappa shape index (κ1) is 16.8. The average Bonchev–Trinajstić information content (AvgIpc) is 2.95. The van der Waals surface area contributed by atoms with Crippen molar-refractivity contribution in [3.63, 3.8) is 0 Å². The van der Waals surface area contributed by atoms with Crippen LogP contribution >= 0.6 is 11.3 Å². The third-order valence-electron chi connectivity index (χ3n) is 5.47. The summed E-state index contributed by atoms with van der Waals surface area (Å²) in [4.78, 5) is 34.2. The molecule has 0 saturated carbocycles. The van der Waals surface area contributed by atoms with Gasteiger partial charge < -0.3 is 4.90 Å². The van der Waals surface area contributed by atoms with E-state index in [0.717, 1.165) is 49.0 Å². The summed E-state index contributed by atoms with van der Waals surface area (Å²) < 4.78 is 1.51. The molecule has 1 fully saturated rings. The molecular formula is C19H25N3O2S. The van der Waals surface area contributed by atoms with Crippen LogP contribution in [0.25, 0.3) is 10.2 Å². The first-order valence-electron chi connectivity index (χ1n) is 9.30. The van der Waals surface area contributed by atoms with Gasteiger partial charge >= 0.3 is 0 Å². The third kappa shape index (κ3) is 3.12. The zero-order valence-electron chi connectivity index (χ0n) is 15.0. The van der Waals surface area contributed by atoms with Gasteiger partial charge in [0, 0.05) is 18.0 Å². The van der Waals surface area contributed by atoms with Crippen molar-refractivity contribution in [2.24, 2.45) is 11.8 Å². The summed E-state index contributed by atoms with van der Waals surface area (Å²) in [5.74, 6) is 1.08. The monoisotopic (exact) mass is 359 g/mol. The molecule has 6 heteroatoms. The van der Waals surface area contributed by atoms with Crippen LogP contribution in [0.1, 0.15) is 43.6 Å². The average molecular weight is 359 g/mol. The van der Waals surface area contributed by atoms with Crippen LogP contribution < -0.4 is 5.56 Å². The summed E-state index contributed by atoms with van der Waals surface area (Å²) in [5, 5.41) is 0.760. The van der Waals surface area contributed by atoms with E-state index in [1.165, 1.54) is 21.4 Å². The van der Waals surface area contributed by atoms with Crippen LogP contribution in [-0.2, 0) is 24.2 Å². The summed E-state index contributed by atoms with van der Waals surface area (Å²) in [6.45, 7) is 6.06. The van der Waals surface area contributed by atoms with Gasteiger partial charge in [-0.1, -0.05) is 13.8 Å². The van der Waals surface area contributed by atoms with Gasteiger partial charge in [-0.3, -0.25) is 14.2 Å². The summed E-state index contributed by atoms with van der Waals surface area (Å²) in [6, 6.07) is 0. The Labute approximate surface area is 151 Å². The Hall–Kier alpha value is -1.69. The summed E-state index contributed by atoms with van der Waals surface area (Å²) in [5.41, 5.74) is 1.14. The van der Waals surface area contributed by atoms with E-state index in [2.05, 4.69) is 18.8 Å². The fourth-order valence-corrected chi connectivity index (χ4v) is 5.63. The molecule has 0 spiro atoms. The lowest BCUT2D eigenvalue weighted by atomic mass is 9.92. The Bertz CT molecular complexity index is 859. The lowest BCUT2D eigenvalue weighted by Gasteiger charge is -2.35. The zero-order chi connectivity index (χ0) is 17.6. The number of piperidine rings is 1. The molecule has 2 aromatic heterocycles. The van der Waals surface area contributed by atoms with Crippen molar-refractivity contribution in [1.82, 2.24) is 14.5 Å². The Morgan fingerprint density at radius 1 is 1.24 bits per heavy atom. The van der Waals surface area contributed by atoms with E-state index in [1.807, 2.05) is 4.90 Å². The molecule has 5 nitrogen and oxygen atoms in total. The molecule has 134 valence electrons. The van der Waals surface area contributed by atoms with E-state index in [4.69, 9.17) is 0 Å². The van der Waals surface area contributed by atoms with Crippen molar-refractivity contribution in [3.8, 4) is 0 Å². The fourth-order valence-electron chi connectivity index (χ4n) is 4.41. The van der Waals surface area contributed by atoms with Crippen molar-refractivity contribution in [2.75, 3.05) is 13.1 Å². The second kappa shape index (κ2) is 6.56. The van der Waals surface area contributed by atoms with E-state index in [0.29, 0.717) is 11.8 Å². The van der Waals surface area contributed by atoms with E-state index in [-0.39, 0.29) is 18.0 Å². The van der Waals surface area contributed by atoms with Crippen LogP contribution in [0, 0.1) is 11.8 Å². The number of nitrogens with zero attached hydrogens (tertiary/aromatic N) is 3. The number of carbonyl (C=O) groups excluding carboxylic acids is 1. The first-order chi connectivity index (χ1) is 12.0. The molecule has 25 heavy (non-hydrogen) atoms. The third-order valence-corrected chi connectivity index (χ3v) is 6.67. The second-order valence-corrected chi connectivity index (χ2v) is 8.90. The minimum absolute atomic E-state index is 0.0331. The number of thiophene rings is 1. The minimum atomic E-state index is -0.0455. The Morgan fingerprint density at radius 3 is 2.72 bits per heavy atom. The maximum absolute atomic E-state index is 13.0. The molecule has 0 radical (unpaired) electrons. The summed E-state index contributed by atoms with van der Waals surface area (Å²) in [7, 11) is 0. The van der Waals surface area contributed by atoms with Gasteiger partial charge in [-0.15, -0.1) is 11.3 Å². The standard InChI is InChI=1S/C19H25N3O2S/c1-12-7-13(2)9-21(8-12)16(23)10-22-11-20-18-17(19(22)24)14-5-3-4-6-15(14)25-18/h11-13H,3-10H2,1-2H3/t12-,13-/m0/s1.